The highest BCUT2D eigenvalue weighted by Gasteiger charge is 2.29. The average Bonchev–Trinajstić information content (AvgIpc) is 3.45. The molecule has 0 bridgehead atoms. The van der Waals surface area contributed by atoms with Gasteiger partial charge in [-0.2, -0.15) is 0 Å². The zero-order valence-electron chi connectivity index (χ0n) is 15.4. The summed E-state index contributed by atoms with van der Waals surface area (Å²) in [7, 11) is 3.20. The first kappa shape index (κ1) is 19.2. The van der Waals surface area contributed by atoms with Crippen LogP contribution in [0, 0.1) is 0 Å². The molecule has 7 nitrogen and oxygen atoms in total. The Morgan fingerprint density at radius 3 is 2.71 bits per heavy atom. The number of methoxy groups -OCH3 is 2. The zero-order valence-corrected chi connectivity index (χ0v) is 17.8. The fraction of sp³-hybridized carbons (Fsp3) is 0.368. The first-order valence-electron chi connectivity index (χ1n) is 8.81. The van der Waals surface area contributed by atoms with Crippen molar-refractivity contribution in [2.24, 2.45) is 0 Å². The molecule has 1 aliphatic heterocycles. The number of thiazole rings is 1. The van der Waals surface area contributed by atoms with Crippen LogP contribution in [0.15, 0.2) is 33.4 Å². The summed E-state index contributed by atoms with van der Waals surface area (Å²) in [6, 6.07) is 6.98. The molecule has 1 fully saturated rings. The van der Waals surface area contributed by atoms with Crippen LogP contribution in [0.2, 0.25) is 0 Å². The fourth-order valence-corrected chi connectivity index (χ4v) is 4.58. The van der Waals surface area contributed by atoms with Gasteiger partial charge >= 0.3 is 0 Å². The number of rotatable bonds is 6. The Bertz CT molecular complexity index is 955. The summed E-state index contributed by atoms with van der Waals surface area (Å²) in [5.74, 6) is 1.29. The van der Waals surface area contributed by atoms with Crippen molar-refractivity contribution >= 4 is 48.5 Å². The quantitative estimate of drug-likeness (QED) is 0.532. The Hall–Kier alpha value is -2.10. The minimum Gasteiger partial charge on any atom is -0.495 e. The Morgan fingerprint density at radius 2 is 2.07 bits per heavy atom. The molecule has 9 heteroatoms. The summed E-state index contributed by atoms with van der Waals surface area (Å²) in [5.41, 5.74) is 0.660. The molecule has 3 aromatic rings. The Labute approximate surface area is 174 Å². The van der Waals surface area contributed by atoms with Gasteiger partial charge in [0.2, 0.25) is 0 Å². The third-order valence-electron chi connectivity index (χ3n) is 4.57. The SMILES string of the molecule is COc1ccc(OC)c2sc(N(CC3CCCO3)C(=O)c3ccc(Br)o3)nc12. The van der Waals surface area contributed by atoms with Gasteiger partial charge in [-0.25, -0.2) is 4.98 Å². The van der Waals surface area contributed by atoms with E-state index in [1.165, 1.54) is 11.3 Å². The number of carbonyl (C=O) groups is 1. The molecule has 4 rings (SSSR count). The summed E-state index contributed by atoms with van der Waals surface area (Å²) in [6.45, 7) is 1.11. The Balaban J connectivity index is 1.77. The van der Waals surface area contributed by atoms with Gasteiger partial charge in [0.25, 0.3) is 5.91 Å². The van der Waals surface area contributed by atoms with E-state index in [9.17, 15) is 4.79 Å². The molecule has 0 aliphatic carbocycles. The third-order valence-corrected chi connectivity index (χ3v) is 6.09. The maximum Gasteiger partial charge on any atom is 0.295 e. The van der Waals surface area contributed by atoms with Gasteiger partial charge in [0.15, 0.2) is 15.6 Å². The first-order chi connectivity index (χ1) is 13.6. The molecule has 1 atom stereocenters. The van der Waals surface area contributed by atoms with E-state index in [4.69, 9.17) is 23.6 Å². The van der Waals surface area contributed by atoms with Crippen molar-refractivity contribution in [2.45, 2.75) is 18.9 Å². The van der Waals surface area contributed by atoms with E-state index in [1.54, 1.807) is 37.3 Å². The molecule has 1 saturated heterocycles. The lowest BCUT2D eigenvalue weighted by molar-refractivity contribution is 0.0894. The Kier molecular flexibility index (Phi) is 5.56. The van der Waals surface area contributed by atoms with Gasteiger partial charge in [-0.1, -0.05) is 11.3 Å². The number of nitrogens with zero attached hydrogens (tertiary/aromatic N) is 2. The van der Waals surface area contributed by atoms with Crippen LogP contribution >= 0.6 is 27.3 Å². The molecule has 3 heterocycles. The predicted octanol–water partition coefficient (Wildman–Crippen LogP) is 4.49. The van der Waals surface area contributed by atoms with Gasteiger partial charge in [0.05, 0.1) is 26.9 Å². The number of aromatic nitrogens is 1. The number of furan rings is 1. The molecule has 2 aromatic heterocycles. The summed E-state index contributed by atoms with van der Waals surface area (Å²) in [6.07, 6.45) is 1.86. The molecule has 1 aliphatic rings. The van der Waals surface area contributed by atoms with Gasteiger partial charge in [-0.3, -0.25) is 9.69 Å². The van der Waals surface area contributed by atoms with Gasteiger partial charge < -0.3 is 18.6 Å². The van der Waals surface area contributed by atoms with Crippen LogP contribution in [-0.4, -0.2) is 44.4 Å². The van der Waals surface area contributed by atoms with Gasteiger partial charge in [-0.15, -0.1) is 0 Å². The number of benzene rings is 1. The Morgan fingerprint density at radius 1 is 1.29 bits per heavy atom. The highest BCUT2D eigenvalue weighted by molar-refractivity contribution is 9.10. The summed E-state index contributed by atoms with van der Waals surface area (Å²) in [4.78, 5) is 19.5. The van der Waals surface area contributed by atoms with Crippen LogP contribution in [0.3, 0.4) is 0 Å². The first-order valence-corrected chi connectivity index (χ1v) is 10.4. The lowest BCUT2D eigenvalue weighted by atomic mass is 10.2. The predicted molar refractivity (Wildman–Crippen MR) is 110 cm³/mol. The van der Waals surface area contributed by atoms with E-state index < -0.39 is 0 Å². The number of fused-ring (bicyclic) bond motifs is 1. The van der Waals surface area contributed by atoms with Crippen molar-refractivity contribution in [3.8, 4) is 11.5 Å². The van der Waals surface area contributed by atoms with E-state index in [0.29, 0.717) is 40.0 Å². The number of hydrogen-bond donors (Lipinski definition) is 0. The van der Waals surface area contributed by atoms with Crippen LogP contribution in [0.5, 0.6) is 11.5 Å². The number of anilines is 1. The maximum absolute atomic E-state index is 13.2. The molecule has 1 unspecified atom stereocenters. The minimum atomic E-state index is -0.266. The van der Waals surface area contributed by atoms with Crippen molar-refractivity contribution in [1.29, 1.82) is 0 Å². The molecule has 148 valence electrons. The van der Waals surface area contributed by atoms with Crippen LogP contribution in [-0.2, 0) is 4.74 Å². The van der Waals surface area contributed by atoms with E-state index in [1.807, 2.05) is 6.07 Å². The topological polar surface area (TPSA) is 74.0 Å². The van der Waals surface area contributed by atoms with Crippen molar-refractivity contribution in [1.82, 2.24) is 4.98 Å². The molecule has 28 heavy (non-hydrogen) atoms. The van der Waals surface area contributed by atoms with E-state index >= 15 is 0 Å². The van der Waals surface area contributed by atoms with Crippen LogP contribution in [0.25, 0.3) is 10.2 Å². The van der Waals surface area contributed by atoms with Crippen molar-refractivity contribution in [3.63, 3.8) is 0 Å². The summed E-state index contributed by atoms with van der Waals surface area (Å²) < 4.78 is 23.5. The molecule has 0 spiro atoms. The standard InChI is InChI=1S/C19H19BrN2O5S/c1-24-12-5-6-13(25-2)17-16(12)21-19(28-17)22(10-11-4-3-9-26-11)18(23)14-7-8-15(20)27-14/h5-8,11H,3-4,9-10H2,1-2H3. The molecular weight excluding hydrogens is 448 g/mol. The molecule has 0 radical (unpaired) electrons. The van der Waals surface area contributed by atoms with E-state index in [2.05, 4.69) is 15.9 Å². The lowest BCUT2D eigenvalue weighted by Crippen LogP contribution is -2.37. The van der Waals surface area contributed by atoms with Gasteiger partial charge in [-0.05, 0) is 53.0 Å². The van der Waals surface area contributed by atoms with Crippen molar-refractivity contribution in [3.05, 3.63) is 34.7 Å². The molecule has 1 aromatic carbocycles. The zero-order chi connectivity index (χ0) is 19.7. The monoisotopic (exact) mass is 466 g/mol. The average molecular weight is 467 g/mol. The second-order valence-electron chi connectivity index (χ2n) is 6.30. The smallest absolute Gasteiger partial charge is 0.295 e. The molecule has 0 saturated carbocycles. The second kappa shape index (κ2) is 8.10. The highest BCUT2D eigenvalue weighted by atomic mass is 79.9. The van der Waals surface area contributed by atoms with Gasteiger partial charge in [0.1, 0.15) is 21.7 Å². The molecular formula is C19H19BrN2O5S. The summed E-state index contributed by atoms with van der Waals surface area (Å²) in [5, 5.41) is 0.547. The second-order valence-corrected chi connectivity index (χ2v) is 8.06. The van der Waals surface area contributed by atoms with Crippen LogP contribution < -0.4 is 14.4 Å². The van der Waals surface area contributed by atoms with Crippen molar-refractivity contribution < 1.29 is 23.4 Å². The number of carbonyl (C=O) groups excluding carboxylic acids is 1. The van der Waals surface area contributed by atoms with Gasteiger partial charge in [0, 0.05) is 6.61 Å². The normalized spacial score (nSPS) is 16.5. The highest BCUT2D eigenvalue weighted by Crippen LogP contribution is 2.40. The third kappa shape index (κ3) is 3.61. The number of amides is 1. The minimum absolute atomic E-state index is 0.0295. The summed E-state index contributed by atoms with van der Waals surface area (Å²) >= 11 is 4.63. The molecule has 1 amide bonds. The number of halogens is 1. The number of hydrogen-bond acceptors (Lipinski definition) is 7. The fourth-order valence-electron chi connectivity index (χ4n) is 3.19. The van der Waals surface area contributed by atoms with E-state index in [0.717, 1.165) is 17.5 Å². The largest absolute Gasteiger partial charge is 0.495 e. The lowest BCUT2D eigenvalue weighted by Gasteiger charge is -2.22. The van der Waals surface area contributed by atoms with Crippen LogP contribution in [0.4, 0.5) is 5.13 Å². The van der Waals surface area contributed by atoms with Crippen LogP contribution in [0.1, 0.15) is 23.4 Å². The number of ether oxygens (including phenoxy) is 3. The van der Waals surface area contributed by atoms with E-state index in [-0.39, 0.29) is 17.8 Å². The molecule has 0 N–H and O–H groups in total. The maximum atomic E-state index is 13.2. The van der Waals surface area contributed by atoms with Crippen molar-refractivity contribution in [2.75, 3.05) is 32.3 Å².